The van der Waals surface area contributed by atoms with Gasteiger partial charge in [-0.25, -0.2) is 8.42 Å². The van der Waals surface area contributed by atoms with Crippen LogP contribution in [0, 0.1) is 6.92 Å². The van der Waals surface area contributed by atoms with Gasteiger partial charge in [0.15, 0.2) is 0 Å². The molecule has 2 fully saturated rings. The van der Waals surface area contributed by atoms with Crippen molar-refractivity contribution in [2.24, 2.45) is 0 Å². The van der Waals surface area contributed by atoms with E-state index in [4.69, 9.17) is 0 Å². The Bertz CT molecular complexity index is 699. The minimum Gasteiger partial charge on any atom is -0.341 e. The first-order chi connectivity index (χ1) is 11.4. The number of sulfonamides is 1. The maximum absolute atomic E-state index is 12.9. The average Bonchev–Trinajstić information content (AvgIpc) is 3.23. The van der Waals surface area contributed by atoms with Crippen LogP contribution in [0.15, 0.2) is 16.3 Å². The second-order valence-electron chi connectivity index (χ2n) is 6.53. The standard InChI is InChI=1S/C16H25N3O3S2.ClH/c1-12-5-6-15(23-12)24(21,22)19-9-3-4-14(19)16(20)18-10-7-13(17-2)8-11-18;/h5-6,13-14,17H,3-4,7-11H2,1-2H3;1H. The van der Waals surface area contributed by atoms with Crippen molar-refractivity contribution in [3.8, 4) is 0 Å². The van der Waals surface area contributed by atoms with E-state index >= 15 is 0 Å². The number of rotatable bonds is 4. The van der Waals surface area contributed by atoms with E-state index in [1.165, 1.54) is 15.6 Å². The number of aryl methyl sites for hydroxylation is 1. The Balaban J connectivity index is 0.00000225. The summed E-state index contributed by atoms with van der Waals surface area (Å²) in [6.07, 6.45) is 3.21. The summed E-state index contributed by atoms with van der Waals surface area (Å²) in [5.74, 6) is -0.0288. The Hall–Kier alpha value is -0.670. The lowest BCUT2D eigenvalue weighted by atomic mass is 10.0. The molecule has 0 spiro atoms. The van der Waals surface area contributed by atoms with Gasteiger partial charge in [-0.2, -0.15) is 4.31 Å². The number of hydrogen-bond acceptors (Lipinski definition) is 5. The highest BCUT2D eigenvalue weighted by atomic mass is 35.5. The number of nitrogens with zero attached hydrogens (tertiary/aromatic N) is 2. The van der Waals surface area contributed by atoms with Crippen molar-refractivity contribution in [1.29, 1.82) is 0 Å². The number of nitrogens with one attached hydrogen (secondary N) is 1. The summed E-state index contributed by atoms with van der Waals surface area (Å²) in [6, 6.07) is 3.37. The first kappa shape index (κ1) is 20.6. The fourth-order valence-corrected chi connectivity index (χ4v) is 6.60. The highest BCUT2D eigenvalue weighted by Crippen LogP contribution is 2.31. The Morgan fingerprint density at radius 1 is 1.20 bits per heavy atom. The largest absolute Gasteiger partial charge is 0.341 e. The number of piperidine rings is 1. The molecule has 142 valence electrons. The number of hydrogen-bond donors (Lipinski definition) is 1. The number of carbonyl (C=O) groups is 1. The Labute approximate surface area is 160 Å². The summed E-state index contributed by atoms with van der Waals surface area (Å²) >= 11 is 1.27. The highest BCUT2D eigenvalue weighted by molar-refractivity contribution is 7.91. The molecule has 25 heavy (non-hydrogen) atoms. The quantitative estimate of drug-likeness (QED) is 0.826. The van der Waals surface area contributed by atoms with E-state index in [1.807, 2.05) is 24.9 Å². The lowest BCUT2D eigenvalue weighted by molar-refractivity contribution is -0.135. The SMILES string of the molecule is CNC1CCN(C(=O)C2CCCN2S(=O)(=O)c2ccc(C)s2)CC1.Cl. The predicted octanol–water partition coefficient (Wildman–Crippen LogP) is 1.84. The maximum Gasteiger partial charge on any atom is 0.253 e. The van der Waals surface area contributed by atoms with Crippen molar-refractivity contribution in [3.63, 3.8) is 0 Å². The summed E-state index contributed by atoms with van der Waals surface area (Å²) in [5.41, 5.74) is 0. The van der Waals surface area contributed by atoms with Gasteiger partial charge in [0.05, 0.1) is 0 Å². The van der Waals surface area contributed by atoms with E-state index in [-0.39, 0.29) is 18.3 Å². The summed E-state index contributed by atoms with van der Waals surface area (Å²) in [6.45, 7) is 3.73. The van der Waals surface area contributed by atoms with Crippen LogP contribution in [0.2, 0.25) is 0 Å². The molecule has 0 saturated carbocycles. The van der Waals surface area contributed by atoms with Crippen molar-refractivity contribution in [3.05, 3.63) is 17.0 Å². The molecule has 3 heterocycles. The summed E-state index contributed by atoms with van der Waals surface area (Å²) in [7, 11) is -1.63. The van der Waals surface area contributed by atoms with Gasteiger partial charge in [0.2, 0.25) is 5.91 Å². The van der Waals surface area contributed by atoms with E-state index in [1.54, 1.807) is 6.07 Å². The number of amides is 1. The molecule has 1 unspecified atom stereocenters. The van der Waals surface area contributed by atoms with Crippen molar-refractivity contribution in [1.82, 2.24) is 14.5 Å². The van der Waals surface area contributed by atoms with E-state index in [0.717, 1.165) is 24.1 Å². The fraction of sp³-hybridized carbons (Fsp3) is 0.688. The van der Waals surface area contributed by atoms with Gasteiger partial charge in [-0.15, -0.1) is 23.7 Å². The zero-order chi connectivity index (χ0) is 17.3. The van der Waals surface area contributed by atoms with Crippen LogP contribution < -0.4 is 5.32 Å². The minimum absolute atomic E-state index is 0. The maximum atomic E-state index is 12.9. The van der Waals surface area contributed by atoms with Gasteiger partial charge >= 0.3 is 0 Å². The van der Waals surface area contributed by atoms with E-state index in [9.17, 15) is 13.2 Å². The third kappa shape index (κ3) is 4.19. The van der Waals surface area contributed by atoms with Gasteiger partial charge in [-0.05, 0) is 51.8 Å². The first-order valence-corrected chi connectivity index (χ1v) is 10.7. The monoisotopic (exact) mass is 407 g/mol. The lowest BCUT2D eigenvalue weighted by Gasteiger charge is -2.35. The molecule has 0 aliphatic carbocycles. The van der Waals surface area contributed by atoms with Gasteiger partial charge in [0, 0.05) is 30.6 Å². The molecular weight excluding hydrogens is 382 g/mol. The minimum atomic E-state index is -3.57. The van der Waals surface area contributed by atoms with E-state index in [0.29, 0.717) is 36.3 Å². The van der Waals surface area contributed by atoms with Crippen molar-refractivity contribution in [2.75, 3.05) is 26.7 Å². The second-order valence-corrected chi connectivity index (χ2v) is 9.93. The molecular formula is C16H26ClN3O3S2. The van der Waals surface area contributed by atoms with Gasteiger partial charge in [-0.3, -0.25) is 4.79 Å². The molecule has 1 N–H and O–H groups in total. The van der Waals surface area contributed by atoms with E-state index in [2.05, 4.69) is 5.32 Å². The molecule has 1 aromatic heterocycles. The number of halogens is 1. The molecule has 3 rings (SSSR count). The summed E-state index contributed by atoms with van der Waals surface area (Å²) in [5, 5.41) is 3.25. The van der Waals surface area contributed by atoms with Crippen LogP contribution in [0.25, 0.3) is 0 Å². The fourth-order valence-electron chi connectivity index (χ4n) is 3.54. The second kappa shape index (κ2) is 8.35. The topological polar surface area (TPSA) is 69.7 Å². The zero-order valence-corrected chi connectivity index (χ0v) is 17.1. The first-order valence-electron chi connectivity index (χ1n) is 8.48. The molecule has 0 aromatic carbocycles. The van der Waals surface area contributed by atoms with Gasteiger partial charge in [0.1, 0.15) is 10.3 Å². The average molecular weight is 408 g/mol. The molecule has 2 aliphatic rings. The van der Waals surface area contributed by atoms with Crippen LogP contribution in [-0.4, -0.2) is 62.3 Å². The van der Waals surface area contributed by atoms with Crippen LogP contribution in [0.3, 0.4) is 0 Å². The van der Waals surface area contributed by atoms with Crippen molar-refractivity contribution < 1.29 is 13.2 Å². The van der Waals surface area contributed by atoms with Crippen molar-refractivity contribution >= 4 is 39.7 Å². The Morgan fingerprint density at radius 2 is 1.88 bits per heavy atom. The van der Waals surface area contributed by atoms with Crippen LogP contribution in [0.5, 0.6) is 0 Å². The molecule has 0 bridgehead atoms. The summed E-state index contributed by atoms with van der Waals surface area (Å²) in [4.78, 5) is 15.7. The smallest absolute Gasteiger partial charge is 0.253 e. The molecule has 2 saturated heterocycles. The van der Waals surface area contributed by atoms with Crippen LogP contribution in [0.4, 0.5) is 0 Å². The predicted molar refractivity (Wildman–Crippen MR) is 102 cm³/mol. The number of thiophene rings is 1. The molecule has 1 atom stereocenters. The van der Waals surface area contributed by atoms with Crippen molar-refractivity contribution in [2.45, 2.75) is 48.9 Å². The molecule has 1 aromatic rings. The van der Waals surface area contributed by atoms with Crippen LogP contribution in [0.1, 0.15) is 30.6 Å². The molecule has 0 radical (unpaired) electrons. The highest BCUT2D eigenvalue weighted by Gasteiger charge is 2.42. The van der Waals surface area contributed by atoms with Crippen LogP contribution in [-0.2, 0) is 14.8 Å². The summed E-state index contributed by atoms with van der Waals surface area (Å²) < 4.78 is 27.6. The molecule has 1 amide bonds. The number of likely N-dealkylation sites (tertiary alicyclic amines) is 1. The van der Waals surface area contributed by atoms with Crippen LogP contribution >= 0.6 is 23.7 Å². The Kier molecular flexibility index (Phi) is 6.89. The third-order valence-electron chi connectivity index (χ3n) is 4.98. The van der Waals surface area contributed by atoms with Gasteiger partial charge in [0.25, 0.3) is 10.0 Å². The normalized spacial score (nSPS) is 22.8. The number of carbonyl (C=O) groups excluding carboxylic acids is 1. The van der Waals surface area contributed by atoms with Gasteiger partial charge in [-0.1, -0.05) is 0 Å². The lowest BCUT2D eigenvalue weighted by Crippen LogP contribution is -2.51. The van der Waals surface area contributed by atoms with E-state index < -0.39 is 16.1 Å². The third-order valence-corrected chi connectivity index (χ3v) is 8.36. The zero-order valence-electron chi connectivity index (χ0n) is 14.6. The Morgan fingerprint density at radius 3 is 2.44 bits per heavy atom. The molecule has 9 heteroatoms. The van der Waals surface area contributed by atoms with Gasteiger partial charge < -0.3 is 10.2 Å². The molecule has 2 aliphatic heterocycles. The molecule has 6 nitrogen and oxygen atoms in total.